The van der Waals surface area contributed by atoms with Crippen molar-refractivity contribution in [1.82, 2.24) is 5.32 Å². The van der Waals surface area contributed by atoms with Gasteiger partial charge in [0.1, 0.15) is 5.82 Å². The van der Waals surface area contributed by atoms with E-state index in [1.165, 1.54) is 12.1 Å². The first-order valence-electron chi connectivity index (χ1n) is 6.95. The number of benzene rings is 2. The van der Waals surface area contributed by atoms with E-state index in [4.69, 9.17) is 23.2 Å². The van der Waals surface area contributed by atoms with E-state index in [0.717, 1.165) is 28.3 Å². The summed E-state index contributed by atoms with van der Waals surface area (Å²) < 4.78 is 13.2. The topological polar surface area (TPSA) is 12.0 Å². The first-order valence-corrected chi connectivity index (χ1v) is 7.70. The molecular weight excluding hydrogens is 308 g/mol. The van der Waals surface area contributed by atoms with Crippen LogP contribution < -0.4 is 5.32 Å². The predicted octanol–water partition coefficient (Wildman–Crippen LogP) is 5.33. The average molecular weight is 326 g/mol. The van der Waals surface area contributed by atoms with Crippen molar-refractivity contribution in [3.8, 4) is 0 Å². The summed E-state index contributed by atoms with van der Waals surface area (Å²) in [5.74, 6) is -0.317. The minimum Gasteiger partial charge on any atom is -0.310 e. The minimum atomic E-state index is -0.317. The standard InChI is InChI=1S/C17H18Cl2FN/c1-3-21-17(14-5-4-6-15(18)11(14)2)9-12-7-8-13(20)10-16(12)19/h4-8,10,17,21H,3,9H2,1-2H3. The van der Waals surface area contributed by atoms with E-state index in [1.807, 2.05) is 19.1 Å². The van der Waals surface area contributed by atoms with Gasteiger partial charge in [0, 0.05) is 16.1 Å². The fourth-order valence-electron chi connectivity index (χ4n) is 2.45. The second-order valence-electron chi connectivity index (χ2n) is 5.00. The molecule has 4 heteroatoms. The van der Waals surface area contributed by atoms with Crippen LogP contribution in [0, 0.1) is 12.7 Å². The molecule has 1 unspecified atom stereocenters. The van der Waals surface area contributed by atoms with Crippen LogP contribution in [0.5, 0.6) is 0 Å². The molecule has 2 aromatic rings. The molecule has 21 heavy (non-hydrogen) atoms. The van der Waals surface area contributed by atoms with Gasteiger partial charge >= 0.3 is 0 Å². The van der Waals surface area contributed by atoms with Gasteiger partial charge in [0.25, 0.3) is 0 Å². The summed E-state index contributed by atoms with van der Waals surface area (Å²) in [7, 11) is 0. The molecule has 1 atom stereocenters. The van der Waals surface area contributed by atoms with Gasteiger partial charge in [0.15, 0.2) is 0 Å². The Labute approximate surface area is 135 Å². The van der Waals surface area contributed by atoms with Crippen LogP contribution in [0.15, 0.2) is 36.4 Å². The zero-order valence-corrected chi connectivity index (χ0v) is 13.6. The lowest BCUT2D eigenvalue weighted by Gasteiger charge is -2.21. The van der Waals surface area contributed by atoms with Gasteiger partial charge in [-0.1, -0.05) is 48.3 Å². The van der Waals surface area contributed by atoms with Crippen LogP contribution in [-0.4, -0.2) is 6.54 Å². The monoisotopic (exact) mass is 325 g/mol. The van der Waals surface area contributed by atoms with Gasteiger partial charge in [-0.15, -0.1) is 0 Å². The fourth-order valence-corrected chi connectivity index (χ4v) is 2.87. The van der Waals surface area contributed by atoms with Crippen LogP contribution in [0.3, 0.4) is 0 Å². The number of rotatable bonds is 5. The summed E-state index contributed by atoms with van der Waals surface area (Å²) in [6, 6.07) is 10.5. The fraction of sp³-hybridized carbons (Fsp3) is 0.294. The molecule has 2 aromatic carbocycles. The molecule has 0 amide bonds. The highest BCUT2D eigenvalue weighted by atomic mass is 35.5. The Morgan fingerprint density at radius 3 is 2.57 bits per heavy atom. The Balaban J connectivity index is 2.33. The van der Waals surface area contributed by atoms with Crippen molar-refractivity contribution in [2.45, 2.75) is 26.3 Å². The molecule has 0 radical (unpaired) electrons. The molecule has 0 aliphatic heterocycles. The van der Waals surface area contributed by atoms with Crippen LogP contribution in [0.1, 0.15) is 29.7 Å². The molecule has 112 valence electrons. The molecule has 1 nitrogen and oxygen atoms in total. The van der Waals surface area contributed by atoms with Crippen LogP contribution in [0.2, 0.25) is 10.0 Å². The van der Waals surface area contributed by atoms with Crippen LogP contribution >= 0.6 is 23.2 Å². The molecule has 0 aliphatic carbocycles. The van der Waals surface area contributed by atoms with Crippen molar-refractivity contribution < 1.29 is 4.39 Å². The van der Waals surface area contributed by atoms with E-state index in [9.17, 15) is 4.39 Å². The maximum absolute atomic E-state index is 13.2. The van der Waals surface area contributed by atoms with Gasteiger partial charge in [-0.3, -0.25) is 0 Å². The molecule has 0 bridgehead atoms. The summed E-state index contributed by atoms with van der Waals surface area (Å²) in [4.78, 5) is 0. The van der Waals surface area contributed by atoms with E-state index in [1.54, 1.807) is 6.07 Å². The summed E-state index contributed by atoms with van der Waals surface area (Å²) in [5, 5.41) is 4.65. The highest BCUT2D eigenvalue weighted by Gasteiger charge is 2.16. The van der Waals surface area contributed by atoms with Crippen LogP contribution in [-0.2, 0) is 6.42 Å². The zero-order chi connectivity index (χ0) is 15.4. The lowest BCUT2D eigenvalue weighted by Crippen LogP contribution is -2.24. The number of likely N-dealkylation sites (N-methyl/N-ethyl adjacent to an activating group) is 1. The highest BCUT2D eigenvalue weighted by molar-refractivity contribution is 6.31. The Hall–Kier alpha value is -1.09. The van der Waals surface area contributed by atoms with E-state index >= 15 is 0 Å². The second kappa shape index (κ2) is 7.26. The molecule has 0 aromatic heterocycles. The van der Waals surface area contributed by atoms with Gasteiger partial charge < -0.3 is 5.32 Å². The van der Waals surface area contributed by atoms with E-state index in [0.29, 0.717) is 11.4 Å². The van der Waals surface area contributed by atoms with Crippen molar-refractivity contribution in [1.29, 1.82) is 0 Å². The van der Waals surface area contributed by atoms with Gasteiger partial charge in [-0.25, -0.2) is 4.39 Å². The third-order valence-electron chi connectivity index (χ3n) is 3.57. The Morgan fingerprint density at radius 2 is 1.90 bits per heavy atom. The first kappa shape index (κ1) is 16.3. The third kappa shape index (κ3) is 3.97. The van der Waals surface area contributed by atoms with Crippen molar-refractivity contribution in [2.75, 3.05) is 6.54 Å². The Kier molecular flexibility index (Phi) is 5.63. The maximum Gasteiger partial charge on any atom is 0.124 e. The van der Waals surface area contributed by atoms with E-state index in [-0.39, 0.29) is 11.9 Å². The van der Waals surface area contributed by atoms with Crippen molar-refractivity contribution in [2.24, 2.45) is 0 Å². The predicted molar refractivity (Wildman–Crippen MR) is 87.7 cm³/mol. The molecule has 0 aliphatic rings. The first-order chi connectivity index (χ1) is 10.0. The minimum absolute atomic E-state index is 0.0941. The van der Waals surface area contributed by atoms with E-state index in [2.05, 4.69) is 18.3 Å². The number of halogens is 3. The zero-order valence-electron chi connectivity index (χ0n) is 12.1. The molecular formula is C17H18Cl2FN. The smallest absolute Gasteiger partial charge is 0.124 e. The van der Waals surface area contributed by atoms with Crippen LogP contribution in [0.25, 0.3) is 0 Å². The highest BCUT2D eigenvalue weighted by Crippen LogP contribution is 2.29. The number of nitrogens with one attached hydrogen (secondary N) is 1. The van der Waals surface area contributed by atoms with Crippen molar-refractivity contribution in [3.05, 3.63) is 69.0 Å². The molecule has 0 fully saturated rings. The third-order valence-corrected chi connectivity index (χ3v) is 4.34. The Morgan fingerprint density at radius 1 is 1.14 bits per heavy atom. The quantitative estimate of drug-likeness (QED) is 0.782. The SMILES string of the molecule is CCNC(Cc1ccc(F)cc1Cl)c1cccc(Cl)c1C. The van der Waals surface area contributed by atoms with Gasteiger partial charge in [0.05, 0.1) is 0 Å². The number of hydrogen-bond donors (Lipinski definition) is 1. The molecule has 0 saturated heterocycles. The molecule has 2 rings (SSSR count). The summed E-state index contributed by atoms with van der Waals surface area (Å²) in [6.07, 6.45) is 0.689. The largest absolute Gasteiger partial charge is 0.310 e. The molecule has 0 spiro atoms. The lowest BCUT2D eigenvalue weighted by atomic mass is 9.95. The maximum atomic E-state index is 13.2. The molecule has 0 saturated carbocycles. The summed E-state index contributed by atoms with van der Waals surface area (Å²) in [6.45, 7) is 4.89. The van der Waals surface area contributed by atoms with Crippen molar-refractivity contribution in [3.63, 3.8) is 0 Å². The van der Waals surface area contributed by atoms with Crippen molar-refractivity contribution >= 4 is 23.2 Å². The average Bonchev–Trinajstić information content (AvgIpc) is 2.44. The van der Waals surface area contributed by atoms with Crippen LogP contribution in [0.4, 0.5) is 4.39 Å². The summed E-state index contributed by atoms with van der Waals surface area (Å²) in [5.41, 5.74) is 3.12. The van der Waals surface area contributed by atoms with Gasteiger partial charge in [0.2, 0.25) is 0 Å². The van der Waals surface area contributed by atoms with Gasteiger partial charge in [-0.05, 0) is 54.8 Å². The second-order valence-corrected chi connectivity index (χ2v) is 5.82. The number of hydrogen-bond acceptors (Lipinski definition) is 1. The summed E-state index contributed by atoms with van der Waals surface area (Å²) >= 11 is 12.3. The molecule has 1 N–H and O–H groups in total. The normalized spacial score (nSPS) is 12.4. The van der Waals surface area contributed by atoms with Gasteiger partial charge in [-0.2, -0.15) is 0 Å². The Bertz CT molecular complexity index is 628. The lowest BCUT2D eigenvalue weighted by molar-refractivity contribution is 0.546. The van der Waals surface area contributed by atoms with E-state index < -0.39 is 0 Å². The molecule has 0 heterocycles.